The highest BCUT2D eigenvalue weighted by atomic mass is 35.5. The quantitative estimate of drug-likeness (QED) is 0.217. The molecule has 192 valence electrons. The molecule has 0 aliphatic carbocycles. The van der Waals surface area contributed by atoms with Crippen molar-refractivity contribution >= 4 is 23.5 Å². The Balaban J connectivity index is 1.82. The zero-order valence-electron chi connectivity index (χ0n) is 21.0. The molecule has 7 nitrogen and oxygen atoms in total. The van der Waals surface area contributed by atoms with Crippen molar-refractivity contribution in [2.75, 3.05) is 12.5 Å². The molecule has 8 heteroatoms. The summed E-state index contributed by atoms with van der Waals surface area (Å²) in [5, 5.41) is 13.4. The molecule has 0 aromatic heterocycles. The first-order valence-electron chi connectivity index (χ1n) is 12.1. The number of alkyl halides is 1. The largest absolute Gasteiger partial charge is 0.459 e. The van der Waals surface area contributed by atoms with E-state index in [1.54, 1.807) is 13.0 Å². The number of rotatable bonds is 9. The Kier molecular flexibility index (Phi) is 11.3. The molecule has 1 amide bonds. The van der Waals surface area contributed by atoms with Crippen molar-refractivity contribution in [3.05, 3.63) is 36.0 Å². The first-order chi connectivity index (χ1) is 16.0. The monoisotopic (exact) mass is 497 g/mol. The fraction of sp³-hybridized carbons (Fsp3) is 0.692. The summed E-state index contributed by atoms with van der Waals surface area (Å²) >= 11 is 5.90. The lowest BCUT2D eigenvalue weighted by Crippen LogP contribution is -2.50. The summed E-state index contributed by atoms with van der Waals surface area (Å²) < 4.78 is 16.9. The van der Waals surface area contributed by atoms with Crippen LogP contribution < -0.4 is 5.32 Å². The van der Waals surface area contributed by atoms with Crippen LogP contribution in [0.15, 0.2) is 36.0 Å². The fourth-order valence-corrected chi connectivity index (χ4v) is 4.52. The van der Waals surface area contributed by atoms with Crippen LogP contribution >= 0.6 is 11.6 Å². The second-order valence-corrected chi connectivity index (χ2v) is 9.91. The third kappa shape index (κ3) is 9.53. The molecule has 2 heterocycles. The Morgan fingerprint density at radius 2 is 2.03 bits per heavy atom. The van der Waals surface area contributed by atoms with Crippen molar-refractivity contribution < 1.29 is 28.9 Å². The van der Waals surface area contributed by atoms with Gasteiger partial charge in [0.25, 0.3) is 0 Å². The number of carbonyl (C=O) groups excluding carboxylic acids is 2. The molecule has 0 spiro atoms. The maximum atomic E-state index is 12.3. The second-order valence-electron chi connectivity index (χ2n) is 9.65. The third-order valence-corrected chi connectivity index (χ3v) is 6.89. The molecular weight excluding hydrogens is 458 g/mol. The summed E-state index contributed by atoms with van der Waals surface area (Å²) in [6.07, 6.45) is 11.2. The molecule has 2 aliphatic heterocycles. The number of amides is 1. The van der Waals surface area contributed by atoms with Gasteiger partial charge < -0.3 is 24.6 Å². The molecule has 0 saturated carbocycles. The van der Waals surface area contributed by atoms with Crippen LogP contribution in [0.25, 0.3) is 0 Å². The lowest BCUT2D eigenvalue weighted by Gasteiger charge is -2.39. The van der Waals surface area contributed by atoms with Crippen LogP contribution in [0.2, 0.25) is 0 Å². The topological polar surface area (TPSA) is 94.1 Å². The average Bonchev–Trinajstić information content (AvgIpc) is 2.77. The molecule has 2 saturated heterocycles. The summed E-state index contributed by atoms with van der Waals surface area (Å²) in [6, 6.07) is -0.0819. The Hall–Kier alpha value is -1.67. The van der Waals surface area contributed by atoms with E-state index in [0.29, 0.717) is 19.4 Å². The number of halogens is 1. The Morgan fingerprint density at radius 3 is 2.71 bits per heavy atom. The van der Waals surface area contributed by atoms with Crippen LogP contribution in [0.1, 0.15) is 60.3 Å². The van der Waals surface area contributed by atoms with E-state index in [1.165, 1.54) is 13.0 Å². The number of allylic oxidation sites excluding steroid dienone is 2. The van der Waals surface area contributed by atoms with Crippen molar-refractivity contribution in [2.24, 2.45) is 5.92 Å². The molecule has 0 radical (unpaired) electrons. The van der Waals surface area contributed by atoms with Gasteiger partial charge in [0.05, 0.1) is 42.4 Å². The summed E-state index contributed by atoms with van der Waals surface area (Å²) in [4.78, 5) is 23.2. The molecule has 34 heavy (non-hydrogen) atoms. The van der Waals surface area contributed by atoms with Crippen molar-refractivity contribution in [3.63, 3.8) is 0 Å². The summed E-state index contributed by atoms with van der Waals surface area (Å²) in [6.45, 7) is 9.70. The van der Waals surface area contributed by atoms with Crippen molar-refractivity contribution in [1.29, 1.82) is 0 Å². The molecule has 0 aromatic carbocycles. The highest BCUT2D eigenvalue weighted by molar-refractivity contribution is 6.18. The molecule has 0 aromatic rings. The normalized spacial score (nSPS) is 33.7. The molecule has 7 atom stereocenters. The minimum absolute atomic E-state index is 0.0679. The van der Waals surface area contributed by atoms with E-state index in [1.807, 2.05) is 26.0 Å². The van der Waals surface area contributed by atoms with E-state index in [4.69, 9.17) is 25.8 Å². The molecular formula is C26H40ClNO6. The molecule has 0 bridgehead atoms. The molecule has 2 fully saturated rings. The fourth-order valence-electron chi connectivity index (χ4n) is 4.28. The Morgan fingerprint density at radius 1 is 1.29 bits per heavy atom. The van der Waals surface area contributed by atoms with Gasteiger partial charge >= 0.3 is 5.97 Å². The first-order valence-corrected chi connectivity index (χ1v) is 12.6. The third-order valence-electron chi connectivity index (χ3n) is 6.39. The van der Waals surface area contributed by atoms with E-state index in [2.05, 4.69) is 18.3 Å². The number of hydrogen-bond donors (Lipinski definition) is 2. The smallest absolute Gasteiger partial charge is 0.303 e. The van der Waals surface area contributed by atoms with E-state index < -0.39 is 11.7 Å². The number of aliphatic hydroxyl groups is 1. The number of carbonyl (C=O) groups is 2. The lowest BCUT2D eigenvalue weighted by atomic mass is 9.88. The molecule has 0 unspecified atom stereocenters. The number of esters is 1. The van der Waals surface area contributed by atoms with Crippen LogP contribution in [0, 0.1) is 5.92 Å². The van der Waals surface area contributed by atoms with Crippen LogP contribution in [0.3, 0.4) is 0 Å². The molecule has 2 aliphatic rings. The van der Waals surface area contributed by atoms with Crippen LogP contribution in [0.5, 0.6) is 0 Å². The zero-order chi connectivity index (χ0) is 25.3. The predicted molar refractivity (Wildman–Crippen MR) is 133 cm³/mol. The Labute approximate surface area is 208 Å². The van der Waals surface area contributed by atoms with Gasteiger partial charge in [-0.2, -0.15) is 0 Å². The van der Waals surface area contributed by atoms with E-state index in [9.17, 15) is 14.7 Å². The van der Waals surface area contributed by atoms with Gasteiger partial charge in [0.15, 0.2) is 0 Å². The number of ether oxygens (including phenoxy) is 3. The van der Waals surface area contributed by atoms with Crippen molar-refractivity contribution in [3.8, 4) is 0 Å². The maximum Gasteiger partial charge on any atom is 0.303 e. The van der Waals surface area contributed by atoms with Gasteiger partial charge in [-0.25, -0.2) is 0 Å². The standard InChI is InChI=1S/C26H40ClNO6/c1-17(6-9-22-15-26(31,16-27)12-13-32-22)7-10-24-18(2)14-23(20(4)34-24)28-25(30)11-8-19(3)33-21(5)29/h6-9,11,18-20,22-24,31H,10,12-16H2,1-5H3,(H,28,30)/b9-6+,11-8-,17-7+/t18-,19-,20+,22+,23+,24-,26-/m0/s1. The summed E-state index contributed by atoms with van der Waals surface area (Å²) in [7, 11) is 0. The van der Waals surface area contributed by atoms with Gasteiger partial charge in [0.2, 0.25) is 5.91 Å². The SMILES string of the molecule is CC(=O)O[C@@H](C)/C=C\C(=O)N[C@@H]1C[C@H](C)[C@H](C/C=C(C)/C=C/[C@@H]2C[C@](O)(CCl)CCO2)O[C@@H]1C. The van der Waals surface area contributed by atoms with Crippen molar-refractivity contribution in [1.82, 2.24) is 5.32 Å². The number of hydrogen-bond acceptors (Lipinski definition) is 6. The lowest BCUT2D eigenvalue weighted by molar-refractivity contribution is -0.143. The van der Waals surface area contributed by atoms with Crippen LogP contribution in [-0.2, 0) is 23.8 Å². The summed E-state index contributed by atoms with van der Waals surface area (Å²) in [5.74, 6) is -0.112. The van der Waals surface area contributed by atoms with Crippen LogP contribution in [-0.4, -0.2) is 65.5 Å². The van der Waals surface area contributed by atoms with E-state index >= 15 is 0 Å². The average molecular weight is 498 g/mol. The summed E-state index contributed by atoms with van der Waals surface area (Å²) in [5.41, 5.74) is 0.255. The second kappa shape index (κ2) is 13.4. The Bertz CT molecular complexity index is 781. The minimum Gasteiger partial charge on any atom is -0.459 e. The highest BCUT2D eigenvalue weighted by Gasteiger charge is 2.34. The molecule has 2 N–H and O–H groups in total. The van der Waals surface area contributed by atoms with Gasteiger partial charge in [-0.05, 0) is 45.6 Å². The van der Waals surface area contributed by atoms with Gasteiger partial charge in [-0.1, -0.05) is 30.7 Å². The van der Waals surface area contributed by atoms with Gasteiger partial charge in [-0.15, -0.1) is 11.6 Å². The minimum atomic E-state index is -0.851. The highest BCUT2D eigenvalue weighted by Crippen LogP contribution is 2.29. The zero-order valence-corrected chi connectivity index (χ0v) is 21.7. The first kappa shape index (κ1) is 28.6. The molecule has 2 rings (SSSR count). The van der Waals surface area contributed by atoms with Gasteiger partial charge in [0.1, 0.15) is 6.10 Å². The van der Waals surface area contributed by atoms with E-state index in [0.717, 1.165) is 18.4 Å². The van der Waals surface area contributed by atoms with Gasteiger partial charge in [-0.3, -0.25) is 9.59 Å². The number of nitrogens with one attached hydrogen (secondary N) is 1. The maximum absolute atomic E-state index is 12.3. The van der Waals surface area contributed by atoms with Gasteiger partial charge in [0, 0.05) is 25.8 Å². The van der Waals surface area contributed by atoms with E-state index in [-0.39, 0.29) is 48.0 Å². The predicted octanol–water partition coefficient (Wildman–Crippen LogP) is 3.83. The van der Waals surface area contributed by atoms with Crippen LogP contribution in [0.4, 0.5) is 0 Å². The van der Waals surface area contributed by atoms with Crippen molar-refractivity contribution in [2.45, 2.75) is 96.4 Å².